The maximum absolute atomic E-state index is 9.94. The van der Waals surface area contributed by atoms with E-state index in [9.17, 15) is 5.11 Å². The topological polar surface area (TPSA) is 72.3 Å². The minimum atomic E-state index is -0.268. The minimum absolute atomic E-state index is 0.0640. The van der Waals surface area contributed by atoms with Gasteiger partial charge in [-0.1, -0.05) is 96.1 Å². The molecule has 138 valence electrons. The highest BCUT2D eigenvalue weighted by Gasteiger charge is 2.07. The van der Waals surface area contributed by atoms with E-state index in [1.165, 1.54) is 70.6 Å². The van der Waals surface area contributed by atoms with Gasteiger partial charge in [0.05, 0.1) is 6.10 Å². The molecule has 5 N–H and O–H groups in total. The predicted molar refractivity (Wildman–Crippen MR) is 102 cm³/mol. The standard InChI is InChI=1S/C20H42N2O/c1-2-3-4-5-6-7-8-9-10-11-12-13-16-20(23)18-19(22)15-14-17-21/h14-15,19-20,23H,2-13,16-18,21-22H2,1H3/b15-14+. The van der Waals surface area contributed by atoms with E-state index >= 15 is 0 Å². The predicted octanol–water partition coefficient (Wildman–Crippen LogP) is 4.67. The highest BCUT2D eigenvalue weighted by molar-refractivity contribution is 4.92. The third kappa shape index (κ3) is 17.8. The molecule has 3 heteroatoms. The molecule has 0 aromatic rings. The average molecular weight is 327 g/mol. The molecule has 2 unspecified atom stereocenters. The smallest absolute Gasteiger partial charge is 0.0558 e. The van der Waals surface area contributed by atoms with E-state index in [0.29, 0.717) is 13.0 Å². The van der Waals surface area contributed by atoms with Crippen molar-refractivity contribution in [3.05, 3.63) is 12.2 Å². The molecule has 0 saturated heterocycles. The van der Waals surface area contributed by atoms with Gasteiger partial charge in [0.15, 0.2) is 0 Å². The lowest BCUT2D eigenvalue weighted by atomic mass is 10.0. The Balaban J connectivity index is 3.24. The van der Waals surface area contributed by atoms with Crippen LogP contribution in [0.25, 0.3) is 0 Å². The third-order valence-electron chi connectivity index (χ3n) is 4.45. The summed E-state index contributed by atoms with van der Waals surface area (Å²) in [6.45, 7) is 2.79. The molecule has 3 nitrogen and oxygen atoms in total. The minimum Gasteiger partial charge on any atom is -0.393 e. The van der Waals surface area contributed by atoms with Crippen LogP contribution < -0.4 is 11.5 Å². The van der Waals surface area contributed by atoms with Gasteiger partial charge in [0.25, 0.3) is 0 Å². The highest BCUT2D eigenvalue weighted by atomic mass is 16.3. The van der Waals surface area contributed by atoms with Crippen molar-refractivity contribution in [2.24, 2.45) is 11.5 Å². The number of nitrogens with two attached hydrogens (primary N) is 2. The molecule has 2 atom stereocenters. The summed E-state index contributed by atoms with van der Waals surface area (Å²) < 4.78 is 0. The molecule has 0 fully saturated rings. The lowest BCUT2D eigenvalue weighted by Crippen LogP contribution is -2.24. The molecule has 0 spiro atoms. The Labute approximate surface area is 144 Å². The van der Waals surface area contributed by atoms with Crippen molar-refractivity contribution in [2.45, 2.75) is 109 Å². The zero-order valence-corrected chi connectivity index (χ0v) is 15.5. The fourth-order valence-electron chi connectivity index (χ4n) is 2.98. The van der Waals surface area contributed by atoms with Gasteiger partial charge in [0, 0.05) is 12.6 Å². The number of rotatable bonds is 17. The van der Waals surface area contributed by atoms with Gasteiger partial charge in [0.1, 0.15) is 0 Å². The van der Waals surface area contributed by atoms with Crippen molar-refractivity contribution < 1.29 is 5.11 Å². The number of hydrogen-bond donors (Lipinski definition) is 3. The second kappa shape index (κ2) is 18.0. The Morgan fingerprint density at radius 2 is 1.30 bits per heavy atom. The van der Waals surface area contributed by atoms with Crippen LogP contribution in [0, 0.1) is 0 Å². The average Bonchev–Trinajstić information content (AvgIpc) is 2.54. The van der Waals surface area contributed by atoms with Crippen LogP contribution in [-0.2, 0) is 0 Å². The molecule has 0 rings (SSSR count). The summed E-state index contributed by atoms with van der Waals surface area (Å²) in [4.78, 5) is 0. The summed E-state index contributed by atoms with van der Waals surface area (Å²) in [6.07, 6.45) is 21.2. The van der Waals surface area contributed by atoms with Gasteiger partial charge in [-0.15, -0.1) is 0 Å². The van der Waals surface area contributed by atoms with Crippen LogP contribution in [0.15, 0.2) is 12.2 Å². The molecule has 0 aliphatic rings. The first-order chi connectivity index (χ1) is 11.2. The van der Waals surface area contributed by atoms with Crippen molar-refractivity contribution in [1.29, 1.82) is 0 Å². The monoisotopic (exact) mass is 326 g/mol. The number of unbranched alkanes of at least 4 members (excludes halogenated alkanes) is 11. The van der Waals surface area contributed by atoms with Crippen LogP contribution >= 0.6 is 0 Å². The van der Waals surface area contributed by atoms with Gasteiger partial charge in [-0.3, -0.25) is 0 Å². The van der Waals surface area contributed by atoms with Crippen LogP contribution in [0.4, 0.5) is 0 Å². The SMILES string of the molecule is CCCCCCCCCCCCCCC(O)CC(N)/C=C/CN. The summed E-state index contributed by atoms with van der Waals surface area (Å²) in [6, 6.07) is -0.0640. The number of aliphatic hydroxyl groups is 1. The molecule has 0 aromatic heterocycles. The van der Waals surface area contributed by atoms with E-state index < -0.39 is 0 Å². The largest absolute Gasteiger partial charge is 0.393 e. The van der Waals surface area contributed by atoms with Crippen molar-refractivity contribution in [3.63, 3.8) is 0 Å². The highest BCUT2D eigenvalue weighted by Crippen LogP contribution is 2.14. The molecule has 23 heavy (non-hydrogen) atoms. The maximum atomic E-state index is 9.94. The summed E-state index contributed by atoms with van der Waals surface area (Å²) in [5.74, 6) is 0. The fourth-order valence-corrected chi connectivity index (χ4v) is 2.98. The molecule has 0 amide bonds. The van der Waals surface area contributed by atoms with E-state index in [-0.39, 0.29) is 12.1 Å². The Morgan fingerprint density at radius 3 is 1.78 bits per heavy atom. The Bertz CT molecular complexity index is 256. The van der Waals surface area contributed by atoms with Crippen molar-refractivity contribution in [2.75, 3.05) is 6.54 Å². The van der Waals surface area contributed by atoms with E-state index in [1.54, 1.807) is 0 Å². The fraction of sp³-hybridized carbons (Fsp3) is 0.900. The first-order valence-corrected chi connectivity index (χ1v) is 10.0. The molecular formula is C20H42N2O. The Kier molecular flexibility index (Phi) is 17.7. The Hall–Kier alpha value is -0.380. The van der Waals surface area contributed by atoms with E-state index in [0.717, 1.165) is 12.8 Å². The maximum Gasteiger partial charge on any atom is 0.0558 e. The van der Waals surface area contributed by atoms with Crippen molar-refractivity contribution in [1.82, 2.24) is 0 Å². The van der Waals surface area contributed by atoms with Gasteiger partial charge in [0.2, 0.25) is 0 Å². The Morgan fingerprint density at radius 1 is 0.826 bits per heavy atom. The summed E-state index contributed by atoms with van der Waals surface area (Å²) >= 11 is 0. The van der Waals surface area contributed by atoms with Crippen molar-refractivity contribution in [3.8, 4) is 0 Å². The third-order valence-corrected chi connectivity index (χ3v) is 4.45. The van der Waals surface area contributed by atoms with Gasteiger partial charge < -0.3 is 16.6 Å². The number of aliphatic hydroxyl groups excluding tert-OH is 1. The molecule has 0 aliphatic heterocycles. The van der Waals surface area contributed by atoms with Crippen LogP contribution in [0.2, 0.25) is 0 Å². The van der Waals surface area contributed by atoms with Crippen LogP contribution in [0.1, 0.15) is 96.8 Å². The van der Waals surface area contributed by atoms with E-state index in [2.05, 4.69) is 6.92 Å². The molecule has 0 saturated carbocycles. The summed E-state index contributed by atoms with van der Waals surface area (Å²) in [7, 11) is 0. The van der Waals surface area contributed by atoms with Gasteiger partial charge >= 0.3 is 0 Å². The molecule has 0 aliphatic carbocycles. The van der Waals surface area contributed by atoms with E-state index in [1.807, 2.05) is 12.2 Å². The lowest BCUT2D eigenvalue weighted by molar-refractivity contribution is 0.147. The zero-order valence-electron chi connectivity index (χ0n) is 15.5. The molecule has 0 heterocycles. The molecular weight excluding hydrogens is 284 g/mol. The zero-order chi connectivity index (χ0) is 17.2. The quantitative estimate of drug-likeness (QED) is 0.269. The van der Waals surface area contributed by atoms with E-state index in [4.69, 9.17) is 11.5 Å². The molecule has 0 aromatic carbocycles. The second-order valence-corrected chi connectivity index (χ2v) is 6.89. The van der Waals surface area contributed by atoms with Crippen LogP contribution in [0.3, 0.4) is 0 Å². The van der Waals surface area contributed by atoms with Crippen LogP contribution in [0.5, 0.6) is 0 Å². The second-order valence-electron chi connectivity index (χ2n) is 6.89. The normalized spacial score (nSPS) is 14.4. The van der Waals surface area contributed by atoms with Gasteiger partial charge in [-0.05, 0) is 12.8 Å². The first kappa shape index (κ1) is 22.6. The molecule has 0 bridgehead atoms. The first-order valence-electron chi connectivity index (χ1n) is 10.0. The summed E-state index contributed by atoms with van der Waals surface area (Å²) in [5.41, 5.74) is 11.3. The lowest BCUT2D eigenvalue weighted by Gasteiger charge is -2.13. The molecule has 0 radical (unpaired) electrons. The summed E-state index contributed by atoms with van der Waals surface area (Å²) in [5, 5.41) is 9.94. The van der Waals surface area contributed by atoms with Crippen molar-refractivity contribution >= 4 is 0 Å². The van der Waals surface area contributed by atoms with Crippen LogP contribution in [-0.4, -0.2) is 23.8 Å². The van der Waals surface area contributed by atoms with Gasteiger partial charge in [-0.25, -0.2) is 0 Å². The number of hydrogen-bond acceptors (Lipinski definition) is 3. The van der Waals surface area contributed by atoms with Gasteiger partial charge in [-0.2, -0.15) is 0 Å².